The maximum atomic E-state index is 13.9. The third kappa shape index (κ3) is 6.67. The highest BCUT2D eigenvalue weighted by atomic mass is 19.3. The van der Waals surface area contributed by atoms with Crippen LogP contribution < -0.4 is 20.1 Å². The number of rotatable bonds is 10. The average molecular weight is 564 g/mol. The van der Waals surface area contributed by atoms with E-state index >= 15 is 0 Å². The first-order valence-corrected chi connectivity index (χ1v) is 13.4. The van der Waals surface area contributed by atoms with Crippen LogP contribution in [0.2, 0.25) is 0 Å². The summed E-state index contributed by atoms with van der Waals surface area (Å²) in [5, 5.41) is 17.3. The molecule has 12 heteroatoms. The SMILES string of the molecule is CC(F)(F)Oc1cnc2c(c1)[C@@H](NC[C@H](O)[C@H](Cc1cccc(F)c1)NC(=O)[C@@H]1CCC(=O)O1)CC1(CCC1)O2. The van der Waals surface area contributed by atoms with Gasteiger partial charge in [-0.3, -0.25) is 9.59 Å². The van der Waals surface area contributed by atoms with E-state index in [1.165, 1.54) is 30.5 Å². The van der Waals surface area contributed by atoms with Crippen LogP contribution in [0, 0.1) is 5.82 Å². The van der Waals surface area contributed by atoms with E-state index in [0.29, 0.717) is 30.4 Å². The second-order valence-corrected chi connectivity index (χ2v) is 10.8. The minimum absolute atomic E-state index is 0.0000737. The lowest BCUT2D eigenvalue weighted by atomic mass is 9.73. The number of amides is 1. The van der Waals surface area contributed by atoms with E-state index in [2.05, 4.69) is 15.6 Å². The molecule has 3 aliphatic rings. The van der Waals surface area contributed by atoms with E-state index in [1.54, 1.807) is 6.07 Å². The first-order chi connectivity index (χ1) is 19.0. The van der Waals surface area contributed by atoms with Gasteiger partial charge in [-0.25, -0.2) is 9.37 Å². The standard InChI is InChI=1S/C28H32F3N3O6/c1-27(30,31)39-18-12-19-21(13-28(8-3-9-28)40-26(19)33-14-18)32-15-22(35)20(11-16-4-2-5-17(29)10-16)34-25(37)23-6-7-24(36)38-23/h2,4-5,10,12,14,20-23,32,35H,3,6-9,11,13,15H2,1H3,(H,34,37)/t20-,21-,22-,23-/m0/s1. The maximum absolute atomic E-state index is 13.9. The van der Waals surface area contributed by atoms with Gasteiger partial charge in [0, 0.05) is 44.3 Å². The highest BCUT2D eigenvalue weighted by molar-refractivity contribution is 5.86. The molecule has 1 aliphatic carbocycles. The first-order valence-electron chi connectivity index (χ1n) is 13.4. The number of ether oxygens (including phenoxy) is 3. The van der Waals surface area contributed by atoms with Crippen molar-refractivity contribution in [1.82, 2.24) is 15.6 Å². The number of aromatic nitrogens is 1. The zero-order valence-corrected chi connectivity index (χ0v) is 22.0. The average Bonchev–Trinajstić information content (AvgIpc) is 3.31. The van der Waals surface area contributed by atoms with E-state index in [4.69, 9.17) is 14.2 Å². The molecule has 216 valence electrons. The Morgan fingerprint density at radius 1 is 1.32 bits per heavy atom. The molecule has 2 fully saturated rings. The lowest BCUT2D eigenvalue weighted by molar-refractivity contribution is -0.159. The van der Waals surface area contributed by atoms with Gasteiger partial charge in [0.15, 0.2) is 6.10 Å². The molecule has 9 nitrogen and oxygen atoms in total. The maximum Gasteiger partial charge on any atom is 0.394 e. The van der Waals surface area contributed by atoms with Crippen LogP contribution in [0.15, 0.2) is 36.5 Å². The summed E-state index contributed by atoms with van der Waals surface area (Å²) in [6.45, 7) is 0.637. The molecule has 40 heavy (non-hydrogen) atoms. The van der Waals surface area contributed by atoms with Gasteiger partial charge in [-0.2, -0.15) is 8.78 Å². The van der Waals surface area contributed by atoms with Crippen LogP contribution in [-0.4, -0.2) is 58.5 Å². The van der Waals surface area contributed by atoms with Crippen molar-refractivity contribution < 1.29 is 42.1 Å². The molecule has 1 saturated heterocycles. The van der Waals surface area contributed by atoms with E-state index in [0.717, 1.165) is 19.3 Å². The van der Waals surface area contributed by atoms with Gasteiger partial charge in [0.2, 0.25) is 5.88 Å². The van der Waals surface area contributed by atoms with Gasteiger partial charge in [0.1, 0.15) is 17.2 Å². The second-order valence-electron chi connectivity index (χ2n) is 10.8. The number of hydrogen-bond donors (Lipinski definition) is 3. The summed E-state index contributed by atoms with van der Waals surface area (Å²) in [5.41, 5.74) is 0.653. The Kier molecular flexibility index (Phi) is 7.92. The molecule has 0 unspecified atom stereocenters. The molecular formula is C28H32F3N3O6. The van der Waals surface area contributed by atoms with Crippen molar-refractivity contribution >= 4 is 11.9 Å². The lowest BCUT2D eigenvalue weighted by Crippen LogP contribution is -2.53. The quantitative estimate of drug-likeness (QED) is 0.377. The highest BCUT2D eigenvalue weighted by Crippen LogP contribution is 2.48. The molecule has 0 bridgehead atoms. The zero-order chi connectivity index (χ0) is 28.5. The van der Waals surface area contributed by atoms with Crippen LogP contribution in [0.3, 0.4) is 0 Å². The molecular weight excluding hydrogens is 531 g/mol. The van der Waals surface area contributed by atoms with Crippen molar-refractivity contribution in [3.8, 4) is 11.6 Å². The monoisotopic (exact) mass is 563 g/mol. The number of halogens is 3. The number of pyridine rings is 1. The highest BCUT2D eigenvalue weighted by Gasteiger charge is 2.46. The number of fused-ring (bicyclic) bond motifs is 1. The third-order valence-corrected chi connectivity index (χ3v) is 7.57. The predicted octanol–water partition coefficient (Wildman–Crippen LogP) is 3.34. The summed E-state index contributed by atoms with van der Waals surface area (Å²) in [5.74, 6) is -1.26. The second kappa shape index (κ2) is 11.2. The number of nitrogens with one attached hydrogen (secondary N) is 2. The van der Waals surface area contributed by atoms with Gasteiger partial charge < -0.3 is 30.0 Å². The van der Waals surface area contributed by atoms with Gasteiger partial charge in [-0.15, -0.1) is 0 Å². The molecule has 0 radical (unpaired) electrons. The Morgan fingerprint density at radius 2 is 2.12 bits per heavy atom. The van der Waals surface area contributed by atoms with Crippen molar-refractivity contribution in [3.63, 3.8) is 0 Å². The number of cyclic esters (lactones) is 1. The van der Waals surface area contributed by atoms with E-state index in [9.17, 15) is 27.9 Å². The summed E-state index contributed by atoms with van der Waals surface area (Å²) in [7, 11) is 0. The van der Waals surface area contributed by atoms with Crippen LogP contribution in [-0.2, 0) is 20.7 Å². The molecule has 1 saturated carbocycles. The Labute approximate surface area is 229 Å². The Hall–Kier alpha value is -3.38. The Balaban J connectivity index is 1.32. The zero-order valence-electron chi connectivity index (χ0n) is 22.0. The summed E-state index contributed by atoms with van der Waals surface area (Å²) in [4.78, 5) is 28.5. The summed E-state index contributed by atoms with van der Waals surface area (Å²) in [6, 6.07) is 6.05. The molecule has 3 heterocycles. The fourth-order valence-corrected chi connectivity index (χ4v) is 5.43. The van der Waals surface area contributed by atoms with E-state index < -0.39 is 53.7 Å². The van der Waals surface area contributed by atoms with Crippen LogP contribution in [0.4, 0.5) is 13.2 Å². The number of benzene rings is 1. The van der Waals surface area contributed by atoms with E-state index in [-0.39, 0.29) is 31.6 Å². The summed E-state index contributed by atoms with van der Waals surface area (Å²) >= 11 is 0. The molecule has 1 amide bonds. The van der Waals surface area contributed by atoms with Gasteiger partial charge in [0.25, 0.3) is 5.91 Å². The number of carbonyl (C=O) groups excluding carboxylic acids is 2. The Bertz CT molecular complexity index is 1250. The largest absolute Gasteiger partial charge is 0.471 e. The van der Waals surface area contributed by atoms with E-state index in [1.807, 2.05) is 0 Å². The van der Waals surface area contributed by atoms with Crippen molar-refractivity contribution in [2.75, 3.05) is 6.54 Å². The van der Waals surface area contributed by atoms with Gasteiger partial charge >= 0.3 is 12.1 Å². The van der Waals surface area contributed by atoms with Crippen LogP contribution in [0.5, 0.6) is 11.6 Å². The lowest BCUT2D eigenvalue weighted by Gasteiger charge is -2.47. The number of nitrogens with zero attached hydrogens (tertiary/aromatic N) is 1. The first kappa shape index (κ1) is 28.2. The number of carbonyl (C=O) groups is 2. The topological polar surface area (TPSA) is 119 Å². The molecule has 4 atom stereocenters. The minimum atomic E-state index is -3.39. The van der Waals surface area contributed by atoms with Crippen molar-refractivity contribution in [3.05, 3.63) is 53.5 Å². The fourth-order valence-electron chi connectivity index (χ4n) is 5.43. The number of hydrogen-bond acceptors (Lipinski definition) is 8. The number of aliphatic hydroxyl groups excluding tert-OH is 1. The molecule has 2 aromatic rings. The van der Waals surface area contributed by atoms with Crippen LogP contribution in [0.1, 0.15) is 62.6 Å². The molecule has 3 N–H and O–H groups in total. The number of aliphatic hydroxyl groups is 1. The molecule has 1 aromatic carbocycles. The smallest absolute Gasteiger partial charge is 0.394 e. The molecule has 5 rings (SSSR count). The van der Waals surface area contributed by atoms with Crippen molar-refractivity contribution in [1.29, 1.82) is 0 Å². The van der Waals surface area contributed by atoms with Gasteiger partial charge in [-0.1, -0.05) is 12.1 Å². The van der Waals surface area contributed by atoms with Gasteiger partial charge in [-0.05, 0) is 49.4 Å². The van der Waals surface area contributed by atoms with Gasteiger partial charge in [0.05, 0.1) is 18.3 Å². The predicted molar refractivity (Wildman–Crippen MR) is 135 cm³/mol. The third-order valence-electron chi connectivity index (χ3n) is 7.57. The fraction of sp³-hybridized carbons (Fsp3) is 0.536. The molecule has 2 aliphatic heterocycles. The number of esters is 1. The van der Waals surface area contributed by atoms with Crippen LogP contribution >= 0.6 is 0 Å². The van der Waals surface area contributed by atoms with Crippen LogP contribution in [0.25, 0.3) is 0 Å². The molecule has 1 spiro atoms. The molecule has 1 aromatic heterocycles. The van der Waals surface area contributed by atoms with Crippen molar-refractivity contribution in [2.45, 2.75) is 87.9 Å². The Morgan fingerprint density at radius 3 is 2.77 bits per heavy atom. The summed E-state index contributed by atoms with van der Waals surface area (Å²) in [6.07, 6.45) is -0.656. The minimum Gasteiger partial charge on any atom is -0.471 e. The summed E-state index contributed by atoms with van der Waals surface area (Å²) < 4.78 is 56.7. The van der Waals surface area contributed by atoms with Crippen molar-refractivity contribution in [2.24, 2.45) is 0 Å². The normalized spacial score (nSPS) is 22.9. The number of alkyl halides is 2.